The minimum absolute atomic E-state index is 0.0149. The van der Waals surface area contributed by atoms with Gasteiger partial charge in [-0.15, -0.1) is 0 Å². The molecule has 0 atom stereocenters. The molecule has 0 saturated heterocycles. The van der Waals surface area contributed by atoms with Crippen LogP contribution in [0.4, 0.5) is 5.69 Å². The molecule has 160 valence electrons. The lowest BCUT2D eigenvalue weighted by atomic mass is 10.2. The third-order valence-electron chi connectivity index (χ3n) is 4.26. The van der Waals surface area contributed by atoms with Gasteiger partial charge in [0.2, 0.25) is 15.9 Å². The number of nitrogens with one attached hydrogen (secondary N) is 3. The highest BCUT2D eigenvalue weighted by atomic mass is 35.5. The van der Waals surface area contributed by atoms with Crippen molar-refractivity contribution in [3.63, 3.8) is 0 Å². The third kappa shape index (κ3) is 6.39. The maximum Gasteiger partial charge on any atom is 0.251 e. The van der Waals surface area contributed by atoms with Crippen LogP contribution < -0.4 is 15.4 Å². The first-order valence-corrected chi connectivity index (χ1v) is 11.2. The number of anilines is 1. The lowest BCUT2D eigenvalue weighted by molar-refractivity contribution is -0.115. The van der Waals surface area contributed by atoms with Gasteiger partial charge in [-0.1, -0.05) is 60.1 Å². The third-order valence-corrected chi connectivity index (χ3v) is 6.14. The molecular weight excluding hydrogens is 438 g/mol. The van der Waals surface area contributed by atoms with Crippen LogP contribution in [-0.4, -0.2) is 26.8 Å². The molecule has 3 aromatic carbocycles. The summed E-state index contributed by atoms with van der Waals surface area (Å²) in [7, 11) is -3.96. The maximum atomic E-state index is 12.7. The number of carbonyl (C=O) groups is 2. The Kier molecular flexibility index (Phi) is 7.41. The lowest BCUT2D eigenvalue weighted by Crippen LogP contribution is -2.33. The number of hydrogen-bond acceptors (Lipinski definition) is 4. The van der Waals surface area contributed by atoms with Crippen molar-refractivity contribution in [2.75, 3.05) is 11.9 Å². The zero-order chi connectivity index (χ0) is 22.3. The number of hydrogen-bond donors (Lipinski definition) is 3. The molecule has 31 heavy (non-hydrogen) atoms. The highest BCUT2D eigenvalue weighted by Gasteiger charge is 2.20. The predicted octanol–water partition coefficient (Wildman–Crippen LogP) is 3.19. The summed E-state index contributed by atoms with van der Waals surface area (Å²) in [6.07, 6.45) is 0. The fourth-order valence-electron chi connectivity index (χ4n) is 2.69. The zero-order valence-electron chi connectivity index (χ0n) is 16.3. The Labute approximate surface area is 185 Å². The number of benzene rings is 3. The van der Waals surface area contributed by atoms with Crippen molar-refractivity contribution in [1.82, 2.24) is 10.0 Å². The van der Waals surface area contributed by atoms with Gasteiger partial charge < -0.3 is 10.6 Å². The molecule has 3 rings (SSSR count). The van der Waals surface area contributed by atoms with Crippen LogP contribution in [0, 0.1) is 0 Å². The monoisotopic (exact) mass is 457 g/mol. The Balaban J connectivity index is 1.65. The van der Waals surface area contributed by atoms with Gasteiger partial charge in [-0.05, 0) is 35.9 Å². The largest absolute Gasteiger partial charge is 0.343 e. The second-order valence-corrected chi connectivity index (χ2v) is 8.69. The van der Waals surface area contributed by atoms with Gasteiger partial charge >= 0.3 is 0 Å². The van der Waals surface area contributed by atoms with Crippen molar-refractivity contribution in [2.45, 2.75) is 11.4 Å². The van der Waals surface area contributed by atoms with E-state index in [9.17, 15) is 18.0 Å². The van der Waals surface area contributed by atoms with Gasteiger partial charge in [0.05, 0.1) is 11.6 Å². The summed E-state index contributed by atoms with van der Waals surface area (Å²) in [5, 5.41) is 5.10. The summed E-state index contributed by atoms with van der Waals surface area (Å²) < 4.78 is 27.8. The summed E-state index contributed by atoms with van der Waals surface area (Å²) in [6.45, 7) is -0.194. The van der Waals surface area contributed by atoms with Gasteiger partial charge in [0.15, 0.2) is 0 Å². The second kappa shape index (κ2) is 10.2. The predicted molar refractivity (Wildman–Crippen MR) is 119 cm³/mol. The van der Waals surface area contributed by atoms with E-state index in [0.29, 0.717) is 5.69 Å². The van der Waals surface area contributed by atoms with E-state index >= 15 is 0 Å². The molecule has 0 heterocycles. The van der Waals surface area contributed by atoms with E-state index in [-0.39, 0.29) is 28.6 Å². The molecule has 7 nitrogen and oxygen atoms in total. The van der Waals surface area contributed by atoms with Crippen LogP contribution in [0.25, 0.3) is 0 Å². The number of amides is 2. The van der Waals surface area contributed by atoms with Gasteiger partial charge in [0, 0.05) is 17.8 Å². The average Bonchev–Trinajstić information content (AvgIpc) is 2.78. The van der Waals surface area contributed by atoms with Crippen LogP contribution in [0.2, 0.25) is 5.02 Å². The highest BCUT2D eigenvalue weighted by molar-refractivity contribution is 7.89. The molecular formula is C22H20ClN3O4S. The van der Waals surface area contributed by atoms with E-state index in [1.165, 1.54) is 18.2 Å². The fraction of sp³-hybridized carbons (Fsp3) is 0.0909. The van der Waals surface area contributed by atoms with Crippen LogP contribution >= 0.6 is 11.6 Å². The van der Waals surface area contributed by atoms with E-state index in [1.807, 2.05) is 12.1 Å². The molecule has 0 aliphatic rings. The van der Waals surface area contributed by atoms with Gasteiger partial charge in [0.1, 0.15) is 4.90 Å². The number of carbonyl (C=O) groups excluding carboxylic acids is 2. The molecule has 3 aromatic rings. The van der Waals surface area contributed by atoms with E-state index in [0.717, 1.165) is 5.56 Å². The molecule has 9 heteroatoms. The molecule has 2 amide bonds. The highest BCUT2D eigenvalue weighted by Crippen LogP contribution is 2.23. The van der Waals surface area contributed by atoms with Crippen molar-refractivity contribution in [3.05, 3.63) is 95.0 Å². The Morgan fingerprint density at radius 3 is 2.19 bits per heavy atom. The SMILES string of the molecule is O=C(CNC(=O)c1ccc(Cl)c(S(=O)(=O)NCc2ccccc2)c1)Nc1ccccc1. The summed E-state index contributed by atoms with van der Waals surface area (Å²) >= 11 is 6.07. The standard InChI is InChI=1S/C22H20ClN3O4S/c23-19-12-11-17(22(28)24-15-21(27)26-18-9-5-2-6-10-18)13-20(19)31(29,30)25-14-16-7-3-1-4-8-16/h1-13,25H,14-15H2,(H,24,28)(H,26,27). The Hall–Kier alpha value is -3.20. The molecule has 0 bridgehead atoms. The lowest BCUT2D eigenvalue weighted by Gasteiger charge is -2.11. The molecule has 0 unspecified atom stereocenters. The first-order valence-electron chi connectivity index (χ1n) is 9.31. The minimum atomic E-state index is -3.96. The second-order valence-electron chi connectivity index (χ2n) is 6.55. The Bertz CT molecular complexity index is 1170. The quantitative estimate of drug-likeness (QED) is 0.483. The summed E-state index contributed by atoms with van der Waals surface area (Å²) in [5.41, 5.74) is 1.45. The van der Waals surface area contributed by atoms with Crippen LogP contribution in [0.3, 0.4) is 0 Å². The number of rotatable bonds is 8. The molecule has 0 aromatic heterocycles. The Morgan fingerprint density at radius 2 is 1.52 bits per heavy atom. The van der Waals surface area contributed by atoms with Crippen molar-refractivity contribution in [1.29, 1.82) is 0 Å². The van der Waals surface area contributed by atoms with Crippen LogP contribution in [0.5, 0.6) is 0 Å². The van der Waals surface area contributed by atoms with Gasteiger partial charge in [-0.2, -0.15) is 0 Å². The van der Waals surface area contributed by atoms with Gasteiger partial charge in [-0.3, -0.25) is 9.59 Å². The number of halogens is 1. The summed E-state index contributed by atoms with van der Waals surface area (Å²) in [5.74, 6) is -1.01. The van der Waals surface area contributed by atoms with E-state index in [1.54, 1.807) is 48.5 Å². The molecule has 3 N–H and O–H groups in total. The first-order chi connectivity index (χ1) is 14.8. The van der Waals surface area contributed by atoms with E-state index in [2.05, 4.69) is 15.4 Å². The van der Waals surface area contributed by atoms with Gasteiger partial charge in [0.25, 0.3) is 5.91 Å². The minimum Gasteiger partial charge on any atom is -0.343 e. The maximum absolute atomic E-state index is 12.7. The topological polar surface area (TPSA) is 104 Å². The molecule has 0 fully saturated rings. The van der Waals surface area contributed by atoms with Crippen LogP contribution in [0.1, 0.15) is 15.9 Å². The summed E-state index contributed by atoms with van der Waals surface area (Å²) in [4.78, 5) is 24.2. The normalized spacial score (nSPS) is 11.0. The smallest absolute Gasteiger partial charge is 0.251 e. The fourth-order valence-corrected chi connectivity index (χ4v) is 4.23. The van der Waals surface area contributed by atoms with Crippen LogP contribution in [0.15, 0.2) is 83.8 Å². The molecule has 0 aliphatic carbocycles. The van der Waals surface area contributed by atoms with Crippen molar-refractivity contribution in [3.8, 4) is 0 Å². The van der Waals surface area contributed by atoms with Gasteiger partial charge in [-0.25, -0.2) is 13.1 Å². The molecule has 0 spiro atoms. The van der Waals surface area contributed by atoms with E-state index in [4.69, 9.17) is 11.6 Å². The number of sulfonamides is 1. The molecule has 0 aliphatic heterocycles. The zero-order valence-corrected chi connectivity index (χ0v) is 17.9. The van der Waals surface area contributed by atoms with Crippen molar-refractivity contribution < 1.29 is 18.0 Å². The number of para-hydroxylation sites is 1. The average molecular weight is 458 g/mol. The first kappa shape index (κ1) is 22.5. The van der Waals surface area contributed by atoms with Crippen molar-refractivity contribution >= 4 is 39.1 Å². The summed E-state index contributed by atoms with van der Waals surface area (Å²) in [6, 6.07) is 21.7. The molecule has 0 radical (unpaired) electrons. The van der Waals surface area contributed by atoms with E-state index < -0.39 is 21.8 Å². The van der Waals surface area contributed by atoms with Crippen LogP contribution in [-0.2, 0) is 21.4 Å². The van der Waals surface area contributed by atoms with Crippen molar-refractivity contribution in [2.24, 2.45) is 0 Å². The molecule has 0 saturated carbocycles. The Morgan fingerprint density at radius 1 is 0.871 bits per heavy atom.